The van der Waals surface area contributed by atoms with E-state index < -0.39 is 11.5 Å². The Balaban J connectivity index is 3.66. The Labute approximate surface area is 93.5 Å². The van der Waals surface area contributed by atoms with Gasteiger partial charge in [-0.05, 0) is 20.3 Å². The number of hydrogen-bond donors (Lipinski definition) is 2. The molecule has 0 saturated carbocycles. The fraction of sp³-hybridized carbons (Fsp3) is 0.455. The first-order valence-corrected chi connectivity index (χ1v) is 5.14. The fourth-order valence-electron chi connectivity index (χ4n) is 1.66. The van der Waals surface area contributed by atoms with E-state index in [1.165, 1.54) is 4.57 Å². The van der Waals surface area contributed by atoms with Crippen molar-refractivity contribution in [3.05, 3.63) is 27.2 Å². The Morgan fingerprint density at radius 2 is 2.00 bits per heavy atom. The van der Waals surface area contributed by atoms with Gasteiger partial charge in [0.05, 0.1) is 0 Å². The Bertz CT molecular complexity index is 489. The van der Waals surface area contributed by atoms with Crippen LogP contribution in [0.4, 0.5) is 0 Å². The van der Waals surface area contributed by atoms with Gasteiger partial charge in [0.15, 0.2) is 0 Å². The molecule has 1 aromatic heterocycles. The summed E-state index contributed by atoms with van der Waals surface area (Å²) in [7, 11) is 0. The summed E-state index contributed by atoms with van der Waals surface area (Å²) < 4.78 is 1.47. The third-order valence-electron chi connectivity index (χ3n) is 2.69. The van der Waals surface area contributed by atoms with Crippen molar-refractivity contribution in [3.63, 3.8) is 0 Å². The molecule has 5 heteroatoms. The van der Waals surface area contributed by atoms with Crippen molar-refractivity contribution in [3.8, 4) is 5.75 Å². The molecule has 0 aliphatic heterocycles. The predicted molar refractivity (Wildman–Crippen MR) is 60.6 cm³/mol. The monoisotopic (exact) mass is 224 g/mol. The second-order valence-electron chi connectivity index (χ2n) is 3.76. The lowest BCUT2D eigenvalue weighted by atomic mass is 10.1. The number of rotatable bonds is 3. The molecule has 1 aromatic rings. The van der Waals surface area contributed by atoms with Crippen LogP contribution in [0.3, 0.4) is 0 Å². The van der Waals surface area contributed by atoms with Crippen molar-refractivity contribution in [1.82, 2.24) is 4.57 Å². The number of carbonyl (C=O) groups excluding carboxylic acids is 1. The lowest BCUT2D eigenvalue weighted by molar-refractivity contribution is 0.0995. The number of amides is 1. The minimum atomic E-state index is -0.893. The molecule has 0 aromatic carbocycles. The first-order valence-electron chi connectivity index (χ1n) is 5.14. The summed E-state index contributed by atoms with van der Waals surface area (Å²) in [5.74, 6) is -1.20. The Hall–Kier alpha value is -1.78. The first-order chi connectivity index (χ1) is 7.41. The molecule has 1 heterocycles. The van der Waals surface area contributed by atoms with Crippen LogP contribution in [0.2, 0.25) is 0 Å². The third kappa shape index (κ3) is 1.80. The average molecular weight is 224 g/mol. The average Bonchev–Trinajstić information content (AvgIpc) is 2.21. The highest BCUT2D eigenvalue weighted by Gasteiger charge is 2.19. The fourth-order valence-corrected chi connectivity index (χ4v) is 1.66. The van der Waals surface area contributed by atoms with Gasteiger partial charge in [-0.25, -0.2) is 0 Å². The maximum atomic E-state index is 11.9. The van der Waals surface area contributed by atoms with Crippen LogP contribution in [0.5, 0.6) is 5.75 Å². The summed E-state index contributed by atoms with van der Waals surface area (Å²) in [5.41, 5.74) is 5.42. The number of primary amides is 1. The molecule has 0 fully saturated rings. The van der Waals surface area contributed by atoms with Gasteiger partial charge in [-0.15, -0.1) is 0 Å². The summed E-state index contributed by atoms with van der Waals surface area (Å²) in [6, 6.07) is 0. The predicted octanol–water partition coefficient (Wildman–Crippen LogP) is 0.680. The molecule has 0 unspecified atom stereocenters. The smallest absolute Gasteiger partial charge is 0.267 e. The molecule has 5 nitrogen and oxygen atoms in total. The Kier molecular flexibility index (Phi) is 3.37. The number of pyridine rings is 1. The van der Waals surface area contributed by atoms with Gasteiger partial charge in [0.25, 0.3) is 11.5 Å². The van der Waals surface area contributed by atoms with Crippen LogP contribution in [-0.4, -0.2) is 15.6 Å². The van der Waals surface area contributed by atoms with Gasteiger partial charge in [0, 0.05) is 17.8 Å². The lowest BCUT2D eigenvalue weighted by Gasteiger charge is -2.14. The molecule has 3 N–H and O–H groups in total. The SMILES string of the molecule is CCCn1c(C)c(C)c(O)c(C(N)=O)c1=O. The van der Waals surface area contributed by atoms with Gasteiger partial charge in [-0.3, -0.25) is 9.59 Å². The molecule has 0 saturated heterocycles. The molecule has 0 radical (unpaired) electrons. The van der Waals surface area contributed by atoms with E-state index in [4.69, 9.17) is 5.73 Å². The molecule has 0 aliphatic rings. The number of nitrogens with two attached hydrogens (primary N) is 1. The van der Waals surface area contributed by atoms with Crippen LogP contribution in [0.25, 0.3) is 0 Å². The van der Waals surface area contributed by atoms with E-state index in [-0.39, 0.29) is 11.3 Å². The van der Waals surface area contributed by atoms with Crippen LogP contribution in [0.15, 0.2) is 4.79 Å². The standard InChI is InChI=1S/C11H16N2O3/c1-4-5-13-7(3)6(2)9(14)8(10(12)15)11(13)16/h14H,4-5H2,1-3H3,(H2,12,15). The number of carbonyl (C=O) groups is 1. The highest BCUT2D eigenvalue weighted by Crippen LogP contribution is 2.21. The van der Waals surface area contributed by atoms with E-state index in [1.54, 1.807) is 13.8 Å². The molecular weight excluding hydrogens is 208 g/mol. The van der Waals surface area contributed by atoms with Gasteiger partial charge in [-0.2, -0.15) is 0 Å². The summed E-state index contributed by atoms with van der Waals surface area (Å²) >= 11 is 0. The minimum absolute atomic E-state index is 0.303. The zero-order valence-electron chi connectivity index (χ0n) is 9.70. The van der Waals surface area contributed by atoms with Gasteiger partial charge in [-0.1, -0.05) is 6.92 Å². The third-order valence-corrected chi connectivity index (χ3v) is 2.69. The highest BCUT2D eigenvalue weighted by atomic mass is 16.3. The van der Waals surface area contributed by atoms with Gasteiger partial charge < -0.3 is 15.4 Å². The quantitative estimate of drug-likeness (QED) is 0.791. The van der Waals surface area contributed by atoms with Crippen LogP contribution in [0, 0.1) is 13.8 Å². The summed E-state index contributed by atoms with van der Waals surface area (Å²) in [6.07, 6.45) is 0.767. The van der Waals surface area contributed by atoms with E-state index in [0.717, 1.165) is 6.42 Å². The molecule has 1 rings (SSSR count). The number of nitrogens with zero attached hydrogens (tertiary/aromatic N) is 1. The van der Waals surface area contributed by atoms with Crippen LogP contribution in [-0.2, 0) is 6.54 Å². The largest absolute Gasteiger partial charge is 0.507 e. The van der Waals surface area contributed by atoms with Gasteiger partial charge in [0.1, 0.15) is 11.3 Å². The molecule has 0 atom stereocenters. The van der Waals surface area contributed by atoms with Gasteiger partial charge in [0.2, 0.25) is 0 Å². The molecule has 16 heavy (non-hydrogen) atoms. The van der Waals surface area contributed by atoms with Crippen molar-refractivity contribution < 1.29 is 9.90 Å². The lowest BCUT2D eigenvalue weighted by Crippen LogP contribution is -2.31. The first kappa shape index (κ1) is 12.3. The van der Waals surface area contributed by atoms with E-state index in [2.05, 4.69) is 0 Å². The minimum Gasteiger partial charge on any atom is -0.507 e. The molecular formula is C11H16N2O3. The van der Waals surface area contributed by atoms with E-state index >= 15 is 0 Å². The van der Waals surface area contributed by atoms with Crippen molar-refractivity contribution in [1.29, 1.82) is 0 Å². The van der Waals surface area contributed by atoms with Crippen LogP contribution >= 0.6 is 0 Å². The maximum absolute atomic E-state index is 11.9. The highest BCUT2D eigenvalue weighted by molar-refractivity contribution is 5.95. The molecule has 0 spiro atoms. The topological polar surface area (TPSA) is 85.3 Å². The van der Waals surface area contributed by atoms with Crippen molar-refractivity contribution in [2.24, 2.45) is 5.73 Å². The number of aromatic hydroxyl groups is 1. The summed E-state index contributed by atoms with van der Waals surface area (Å²) in [4.78, 5) is 23.0. The number of hydrogen-bond acceptors (Lipinski definition) is 3. The molecule has 88 valence electrons. The van der Waals surface area contributed by atoms with Crippen molar-refractivity contribution in [2.75, 3.05) is 0 Å². The summed E-state index contributed by atoms with van der Waals surface area (Å²) in [6.45, 7) is 5.82. The summed E-state index contributed by atoms with van der Waals surface area (Å²) in [5, 5.41) is 9.71. The zero-order valence-corrected chi connectivity index (χ0v) is 9.70. The zero-order chi connectivity index (χ0) is 12.5. The second-order valence-corrected chi connectivity index (χ2v) is 3.76. The molecule has 0 bridgehead atoms. The van der Waals surface area contributed by atoms with Crippen molar-refractivity contribution in [2.45, 2.75) is 33.7 Å². The van der Waals surface area contributed by atoms with Crippen LogP contribution in [0.1, 0.15) is 35.0 Å². The molecule has 0 aliphatic carbocycles. The Morgan fingerprint density at radius 3 is 2.44 bits per heavy atom. The van der Waals surface area contributed by atoms with Crippen LogP contribution < -0.4 is 11.3 Å². The number of aromatic nitrogens is 1. The Morgan fingerprint density at radius 1 is 1.44 bits per heavy atom. The van der Waals surface area contributed by atoms with Crippen molar-refractivity contribution >= 4 is 5.91 Å². The van der Waals surface area contributed by atoms with E-state index in [0.29, 0.717) is 17.8 Å². The van der Waals surface area contributed by atoms with Gasteiger partial charge >= 0.3 is 0 Å². The maximum Gasteiger partial charge on any atom is 0.267 e. The normalized spacial score (nSPS) is 10.4. The van der Waals surface area contributed by atoms with E-state index in [9.17, 15) is 14.7 Å². The second kappa shape index (κ2) is 4.38. The molecule has 1 amide bonds. The van der Waals surface area contributed by atoms with E-state index in [1.807, 2.05) is 6.92 Å².